The van der Waals surface area contributed by atoms with Crippen LogP contribution in [0.15, 0.2) is 53.6 Å². The molecule has 31 heavy (non-hydrogen) atoms. The first-order valence-electron chi connectivity index (χ1n) is 8.86. The van der Waals surface area contributed by atoms with Gasteiger partial charge in [0.1, 0.15) is 10.9 Å². The van der Waals surface area contributed by atoms with E-state index in [1.54, 1.807) is 26.2 Å². The molecule has 0 aliphatic rings. The minimum absolute atomic E-state index is 0.117. The number of thiocarbonyl (C=S) groups is 1. The number of nitrogens with one attached hydrogen (secondary N) is 2. The molecule has 11 heteroatoms. The number of rotatable bonds is 5. The normalized spacial score (nSPS) is 11.5. The van der Waals surface area contributed by atoms with Crippen LogP contribution in [0.2, 0.25) is 5.15 Å². The van der Waals surface area contributed by atoms with Gasteiger partial charge in [-0.05, 0) is 49.5 Å². The van der Waals surface area contributed by atoms with Gasteiger partial charge in [-0.15, -0.1) is 0 Å². The summed E-state index contributed by atoms with van der Waals surface area (Å²) in [5.74, 6) is 0.608. The zero-order valence-electron chi connectivity index (χ0n) is 16.4. The van der Waals surface area contributed by atoms with E-state index >= 15 is 0 Å². The Balaban J connectivity index is 1.75. The highest BCUT2D eigenvalue weighted by Crippen LogP contribution is 2.31. The Bertz CT molecular complexity index is 1130. The predicted octanol–water partition coefficient (Wildman–Crippen LogP) is 5.18. The number of hydrogen-bond acceptors (Lipinski definition) is 4. The van der Waals surface area contributed by atoms with Crippen LogP contribution in [0.4, 0.5) is 18.9 Å². The highest BCUT2D eigenvalue weighted by atomic mass is 35.5. The lowest BCUT2D eigenvalue weighted by atomic mass is 10.2. The lowest BCUT2D eigenvalue weighted by molar-refractivity contribution is -0.137. The molecule has 1 heterocycles. The first-order valence-corrected chi connectivity index (χ1v) is 9.65. The number of benzene rings is 2. The molecule has 0 bridgehead atoms. The molecule has 0 fully saturated rings. The number of hydrazone groups is 1. The molecule has 0 spiro atoms. The molecule has 0 aliphatic carbocycles. The summed E-state index contributed by atoms with van der Waals surface area (Å²) in [5.41, 5.74) is 3.62. The van der Waals surface area contributed by atoms with Crippen molar-refractivity contribution in [3.63, 3.8) is 0 Å². The first kappa shape index (κ1) is 22.6. The quantitative estimate of drug-likeness (QED) is 0.307. The van der Waals surface area contributed by atoms with Crippen molar-refractivity contribution in [2.45, 2.75) is 13.1 Å². The van der Waals surface area contributed by atoms with E-state index < -0.39 is 11.7 Å². The molecule has 0 unspecified atom stereocenters. The molecule has 0 radical (unpaired) electrons. The zero-order chi connectivity index (χ0) is 22.6. The number of halogens is 4. The number of para-hydroxylation sites is 2. The van der Waals surface area contributed by atoms with Crippen molar-refractivity contribution in [3.8, 4) is 11.4 Å². The van der Waals surface area contributed by atoms with E-state index in [1.165, 1.54) is 23.0 Å². The molecule has 3 rings (SSSR count). The van der Waals surface area contributed by atoms with Crippen LogP contribution in [0.5, 0.6) is 5.75 Å². The fourth-order valence-corrected chi connectivity index (χ4v) is 3.18. The molecule has 0 saturated heterocycles. The molecule has 3 aromatic rings. The van der Waals surface area contributed by atoms with Crippen LogP contribution in [0, 0.1) is 6.92 Å². The summed E-state index contributed by atoms with van der Waals surface area (Å²) < 4.78 is 45.4. The number of aryl methyl sites for hydroxylation is 1. The Hall–Kier alpha value is -3.11. The van der Waals surface area contributed by atoms with Gasteiger partial charge in [0.15, 0.2) is 5.11 Å². The highest BCUT2D eigenvalue weighted by Gasteiger charge is 2.30. The van der Waals surface area contributed by atoms with E-state index in [4.69, 9.17) is 28.6 Å². The largest absolute Gasteiger partial charge is 0.495 e. The molecule has 162 valence electrons. The monoisotopic (exact) mass is 467 g/mol. The van der Waals surface area contributed by atoms with E-state index in [0.29, 0.717) is 22.7 Å². The number of methoxy groups -OCH3 is 1. The number of anilines is 1. The molecule has 0 aliphatic heterocycles. The molecule has 6 nitrogen and oxygen atoms in total. The van der Waals surface area contributed by atoms with Gasteiger partial charge in [0.25, 0.3) is 0 Å². The maximum atomic E-state index is 13.0. The second kappa shape index (κ2) is 9.36. The summed E-state index contributed by atoms with van der Waals surface area (Å²) in [7, 11) is 1.54. The van der Waals surface area contributed by atoms with Crippen LogP contribution in [-0.2, 0) is 6.18 Å². The van der Waals surface area contributed by atoms with Crippen molar-refractivity contribution in [1.82, 2.24) is 15.2 Å². The minimum atomic E-state index is -4.47. The SMILES string of the molecule is COc1ccccc1NC(=S)NN=Cc1c(C)nn(-c2cccc(C(F)(F)F)c2)c1Cl. The van der Waals surface area contributed by atoms with Gasteiger partial charge in [-0.25, -0.2) is 4.68 Å². The van der Waals surface area contributed by atoms with Gasteiger partial charge in [-0.1, -0.05) is 29.8 Å². The Morgan fingerprint density at radius 1 is 1.23 bits per heavy atom. The summed E-state index contributed by atoms with van der Waals surface area (Å²) in [6.07, 6.45) is -3.08. The predicted molar refractivity (Wildman–Crippen MR) is 118 cm³/mol. The average molecular weight is 468 g/mol. The molecular formula is C20H17ClF3N5OS. The fraction of sp³-hybridized carbons (Fsp3) is 0.150. The van der Waals surface area contributed by atoms with Crippen LogP contribution >= 0.6 is 23.8 Å². The van der Waals surface area contributed by atoms with Crippen molar-refractivity contribution in [1.29, 1.82) is 0 Å². The number of nitrogens with zero attached hydrogens (tertiary/aromatic N) is 3. The minimum Gasteiger partial charge on any atom is -0.495 e. The summed E-state index contributed by atoms with van der Waals surface area (Å²) in [5, 5.41) is 11.5. The van der Waals surface area contributed by atoms with Crippen LogP contribution in [0.1, 0.15) is 16.8 Å². The maximum Gasteiger partial charge on any atom is 0.416 e. The Morgan fingerprint density at radius 2 is 1.97 bits per heavy atom. The fourth-order valence-electron chi connectivity index (χ4n) is 2.70. The Morgan fingerprint density at radius 3 is 2.68 bits per heavy atom. The number of hydrogen-bond donors (Lipinski definition) is 2. The smallest absolute Gasteiger partial charge is 0.416 e. The lowest BCUT2D eigenvalue weighted by Gasteiger charge is -2.10. The second-order valence-corrected chi connectivity index (χ2v) is 7.04. The molecule has 0 amide bonds. The van der Waals surface area contributed by atoms with Crippen molar-refractivity contribution in [2.24, 2.45) is 5.10 Å². The van der Waals surface area contributed by atoms with Gasteiger partial charge in [0, 0.05) is 0 Å². The summed E-state index contributed by atoms with van der Waals surface area (Å²) in [6, 6.07) is 11.9. The third kappa shape index (κ3) is 5.33. The number of alkyl halides is 3. The van der Waals surface area contributed by atoms with Gasteiger partial charge in [0.05, 0.1) is 41.5 Å². The van der Waals surface area contributed by atoms with Crippen molar-refractivity contribution in [2.75, 3.05) is 12.4 Å². The van der Waals surface area contributed by atoms with Gasteiger partial charge in [-0.2, -0.15) is 23.4 Å². The molecule has 2 N–H and O–H groups in total. The lowest BCUT2D eigenvalue weighted by Crippen LogP contribution is -2.24. The number of aromatic nitrogens is 2. The van der Waals surface area contributed by atoms with E-state index in [-0.39, 0.29) is 16.0 Å². The zero-order valence-corrected chi connectivity index (χ0v) is 17.9. The van der Waals surface area contributed by atoms with Gasteiger partial charge in [-0.3, -0.25) is 5.43 Å². The average Bonchev–Trinajstić information content (AvgIpc) is 3.02. The Labute approximate surface area is 186 Å². The van der Waals surface area contributed by atoms with Gasteiger partial charge < -0.3 is 10.1 Å². The van der Waals surface area contributed by atoms with Gasteiger partial charge in [0.2, 0.25) is 0 Å². The Kier molecular flexibility index (Phi) is 6.81. The van der Waals surface area contributed by atoms with Crippen LogP contribution in [-0.4, -0.2) is 28.2 Å². The van der Waals surface area contributed by atoms with Crippen LogP contribution in [0.3, 0.4) is 0 Å². The topological polar surface area (TPSA) is 63.5 Å². The summed E-state index contributed by atoms with van der Waals surface area (Å²) in [4.78, 5) is 0. The van der Waals surface area contributed by atoms with E-state index in [9.17, 15) is 13.2 Å². The summed E-state index contributed by atoms with van der Waals surface area (Å²) >= 11 is 11.6. The third-order valence-electron chi connectivity index (χ3n) is 4.18. The van der Waals surface area contributed by atoms with Crippen LogP contribution < -0.4 is 15.5 Å². The molecule has 0 atom stereocenters. The molecule has 2 aromatic carbocycles. The second-order valence-electron chi connectivity index (χ2n) is 6.27. The van der Waals surface area contributed by atoms with Crippen LogP contribution in [0.25, 0.3) is 5.69 Å². The van der Waals surface area contributed by atoms with Crippen molar-refractivity contribution < 1.29 is 17.9 Å². The molecule has 0 saturated carbocycles. The summed E-state index contributed by atoms with van der Waals surface area (Å²) in [6.45, 7) is 1.67. The molecule has 1 aromatic heterocycles. The van der Waals surface area contributed by atoms with E-state index in [2.05, 4.69) is 20.9 Å². The third-order valence-corrected chi connectivity index (χ3v) is 4.74. The number of ether oxygens (including phenoxy) is 1. The van der Waals surface area contributed by atoms with E-state index in [0.717, 1.165) is 12.1 Å². The first-order chi connectivity index (χ1) is 14.7. The highest BCUT2D eigenvalue weighted by molar-refractivity contribution is 7.80. The van der Waals surface area contributed by atoms with Crippen molar-refractivity contribution in [3.05, 3.63) is 70.5 Å². The van der Waals surface area contributed by atoms with Crippen molar-refractivity contribution >= 4 is 40.8 Å². The van der Waals surface area contributed by atoms with E-state index in [1.807, 2.05) is 12.1 Å². The van der Waals surface area contributed by atoms with Gasteiger partial charge >= 0.3 is 6.18 Å². The maximum absolute atomic E-state index is 13.0. The molecular weight excluding hydrogens is 451 g/mol. The standard InChI is InChI=1S/C20H17ClF3N5OS/c1-12-15(11-25-27-19(31)26-16-8-3-4-9-17(16)30-2)18(21)29(28-12)14-7-5-6-13(10-14)20(22,23)24/h3-11H,1-2H3,(H2,26,27,31).